The molecule has 0 aliphatic rings. The maximum Gasteiger partial charge on any atom is 0.128 e. The van der Waals surface area contributed by atoms with Crippen LogP contribution in [0.25, 0.3) is 21.9 Å². The van der Waals surface area contributed by atoms with E-state index < -0.39 is 0 Å². The zero-order valence-corrected chi connectivity index (χ0v) is 16.3. The highest BCUT2D eigenvalue weighted by molar-refractivity contribution is 5.88. The Morgan fingerprint density at radius 2 is 1.43 bits per heavy atom. The van der Waals surface area contributed by atoms with Crippen LogP contribution in [0.15, 0.2) is 97.1 Å². The highest BCUT2D eigenvalue weighted by Crippen LogP contribution is 2.36. The van der Waals surface area contributed by atoms with Crippen LogP contribution in [0, 0.1) is 0 Å². The fraction of sp³-hybridized carbons (Fsp3) is 0.185. The highest BCUT2D eigenvalue weighted by Gasteiger charge is 2.18. The van der Waals surface area contributed by atoms with Gasteiger partial charge in [0.2, 0.25) is 0 Å². The van der Waals surface area contributed by atoms with Gasteiger partial charge < -0.3 is 4.74 Å². The van der Waals surface area contributed by atoms with Gasteiger partial charge in [-0.2, -0.15) is 0 Å². The number of benzene rings is 4. The molecule has 1 unspecified atom stereocenters. The molecule has 0 N–H and O–H groups in total. The topological polar surface area (TPSA) is 9.23 Å². The average molecular weight is 367 g/mol. The molecule has 0 radical (unpaired) electrons. The molecule has 4 rings (SSSR count). The summed E-state index contributed by atoms with van der Waals surface area (Å²) < 4.78 is 6.68. The Morgan fingerprint density at radius 1 is 0.714 bits per heavy atom. The lowest BCUT2D eigenvalue weighted by atomic mass is 9.93. The Bertz CT molecular complexity index is 1030. The van der Waals surface area contributed by atoms with Gasteiger partial charge in [-0.05, 0) is 35.4 Å². The lowest BCUT2D eigenvalue weighted by molar-refractivity contribution is 0.194. The fourth-order valence-corrected chi connectivity index (χ4v) is 3.78. The predicted octanol–water partition coefficient (Wildman–Crippen LogP) is 7.82. The standard InChI is InChI=1S/C27H26O/c1-2-3-19-27(28-26-20-11-15-22-14-7-8-17-24(22)26)25-18-10-9-16-23(25)21-12-5-4-6-13-21/h4-18,20,27H,2-3,19H2,1H3. The largest absolute Gasteiger partial charge is 0.485 e. The van der Waals surface area contributed by atoms with E-state index in [9.17, 15) is 0 Å². The molecule has 0 amide bonds. The van der Waals surface area contributed by atoms with Crippen molar-refractivity contribution in [2.75, 3.05) is 0 Å². The van der Waals surface area contributed by atoms with Gasteiger partial charge in [0, 0.05) is 10.9 Å². The molecule has 0 aliphatic heterocycles. The third-order valence-electron chi connectivity index (χ3n) is 5.23. The number of unbranched alkanes of at least 4 members (excludes halogenated alkanes) is 1. The second-order valence-corrected chi connectivity index (χ2v) is 7.18. The summed E-state index contributed by atoms with van der Waals surface area (Å²) in [6, 6.07) is 34.0. The van der Waals surface area contributed by atoms with Crippen molar-refractivity contribution in [3.05, 3.63) is 103 Å². The molecule has 1 nitrogen and oxygen atoms in total. The van der Waals surface area contributed by atoms with Crippen LogP contribution in [-0.4, -0.2) is 0 Å². The van der Waals surface area contributed by atoms with E-state index in [1.807, 2.05) is 0 Å². The van der Waals surface area contributed by atoms with Crippen molar-refractivity contribution in [3.63, 3.8) is 0 Å². The third kappa shape index (κ3) is 3.94. The smallest absolute Gasteiger partial charge is 0.128 e. The Morgan fingerprint density at radius 3 is 2.29 bits per heavy atom. The fourth-order valence-electron chi connectivity index (χ4n) is 3.78. The summed E-state index contributed by atoms with van der Waals surface area (Å²) >= 11 is 0. The Kier molecular flexibility index (Phi) is 5.72. The molecule has 1 heteroatoms. The maximum absolute atomic E-state index is 6.68. The van der Waals surface area contributed by atoms with Crippen molar-refractivity contribution in [1.82, 2.24) is 0 Å². The van der Waals surface area contributed by atoms with Gasteiger partial charge >= 0.3 is 0 Å². The Labute approximate surface area is 167 Å². The van der Waals surface area contributed by atoms with Crippen LogP contribution in [0.4, 0.5) is 0 Å². The number of hydrogen-bond acceptors (Lipinski definition) is 1. The minimum atomic E-state index is 0.0298. The zero-order chi connectivity index (χ0) is 19.2. The van der Waals surface area contributed by atoms with Crippen LogP contribution in [0.5, 0.6) is 5.75 Å². The van der Waals surface area contributed by atoms with Gasteiger partial charge in [0.25, 0.3) is 0 Å². The molecule has 0 bridgehead atoms. The third-order valence-corrected chi connectivity index (χ3v) is 5.23. The molecule has 0 heterocycles. The van der Waals surface area contributed by atoms with Crippen LogP contribution in [0.1, 0.15) is 37.9 Å². The van der Waals surface area contributed by atoms with E-state index in [1.54, 1.807) is 0 Å². The van der Waals surface area contributed by atoms with Crippen molar-refractivity contribution in [2.45, 2.75) is 32.3 Å². The highest BCUT2D eigenvalue weighted by atomic mass is 16.5. The van der Waals surface area contributed by atoms with E-state index in [2.05, 4.69) is 104 Å². The predicted molar refractivity (Wildman–Crippen MR) is 119 cm³/mol. The molecule has 0 aliphatic carbocycles. The van der Waals surface area contributed by atoms with Crippen molar-refractivity contribution in [1.29, 1.82) is 0 Å². The van der Waals surface area contributed by atoms with Gasteiger partial charge in [-0.1, -0.05) is 104 Å². The summed E-state index contributed by atoms with van der Waals surface area (Å²) in [6.45, 7) is 2.23. The Balaban J connectivity index is 1.75. The van der Waals surface area contributed by atoms with Crippen molar-refractivity contribution < 1.29 is 4.74 Å². The quantitative estimate of drug-likeness (QED) is 0.324. The van der Waals surface area contributed by atoms with Crippen LogP contribution < -0.4 is 4.74 Å². The van der Waals surface area contributed by atoms with Crippen LogP contribution in [0.3, 0.4) is 0 Å². The average Bonchev–Trinajstić information content (AvgIpc) is 2.77. The lowest BCUT2D eigenvalue weighted by Gasteiger charge is -2.23. The van der Waals surface area contributed by atoms with Gasteiger partial charge in [-0.3, -0.25) is 0 Å². The van der Waals surface area contributed by atoms with E-state index >= 15 is 0 Å². The molecule has 1 atom stereocenters. The molecule has 28 heavy (non-hydrogen) atoms. The molecule has 0 saturated heterocycles. The van der Waals surface area contributed by atoms with Crippen molar-refractivity contribution >= 4 is 10.8 Å². The van der Waals surface area contributed by atoms with E-state index in [0.29, 0.717) is 0 Å². The summed E-state index contributed by atoms with van der Waals surface area (Å²) in [5.41, 5.74) is 3.75. The van der Waals surface area contributed by atoms with E-state index in [-0.39, 0.29) is 6.10 Å². The molecule has 140 valence electrons. The van der Waals surface area contributed by atoms with Crippen molar-refractivity contribution in [2.24, 2.45) is 0 Å². The summed E-state index contributed by atoms with van der Waals surface area (Å²) in [6.07, 6.45) is 3.33. The Hall–Kier alpha value is -3.06. The van der Waals surface area contributed by atoms with E-state index in [0.717, 1.165) is 25.0 Å². The first-order chi connectivity index (χ1) is 13.9. The lowest BCUT2D eigenvalue weighted by Crippen LogP contribution is -2.09. The summed E-state index contributed by atoms with van der Waals surface area (Å²) in [4.78, 5) is 0. The normalized spacial score (nSPS) is 12.0. The zero-order valence-electron chi connectivity index (χ0n) is 16.3. The molecule has 4 aromatic carbocycles. The monoisotopic (exact) mass is 366 g/mol. The molecular weight excluding hydrogens is 340 g/mol. The summed E-state index contributed by atoms with van der Waals surface area (Å²) in [5, 5.41) is 2.38. The van der Waals surface area contributed by atoms with Gasteiger partial charge in [0.1, 0.15) is 11.9 Å². The summed E-state index contributed by atoms with van der Waals surface area (Å²) in [7, 11) is 0. The minimum Gasteiger partial charge on any atom is -0.485 e. The van der Waals surface area contributed by atoms with Crippen molar-refractivity contribution in [3.8, 4) is 16.9 Å². The van der Waals surface area contributed by atoms with Gasteiger partial charge in [0.15, 0.2) is 0 Å². The minimum absolute atomic E-state index is 0.0298. The number of ether oxygens (including phenoxy) is 1. The molecule has 0 aromatic heterocycles. The second kappa shape index (κ2) is 8.75. The second-order valence-electron chi connectivity index (χ2n) is 7.18. The first-order valence-electron chi connectivity index (χ1n) is 10.2. The van der Waals surface area contributed by atoms with E-state index in [4.69, 9.17) is 4.74 Å². The molecule has 0 saturated carbocycles. The molecule has 4 aromatic rings. The number of hydrogen-bond donors (Lipinski definition) is 0. The number of rotatable bonds is 7. The van der Waals surface area contributed by atoms with Gasteiger partial charge in [-0.25, -0.2) is 0 Å². The van der Waals surface area contributed by atoms with Crippen LogP contribution in [-0.2, 0) is 0 Å². The van der Waals surface area contributed by atoms with Crippen LogP contribution >= 0.6 is 0 Å². The van der Waals surface area contributed by atoms with Gasteiger partial charge in [-0.15, -0.1) is 0 Å². The maximum atomic E-state index is 6.68. The molecule has 0 fully saturated rings. The van der Waals surface area contributed by atoms with Crippen LogP contribution in [0.2, 0.25) is 0 Å². The molecular formula is C27H26O. The summed E-state index contributed by atoms with van der Waals surface area (Å²) in [5.74, 6) is 0.960. The first-order valence-corrected chi connectivity index (χ1v) is 10.2. The van der Waals surface area contributed by atoms with E-state index in [1.165, 1.54) is 27.5 Å². The number of fused-ring (bicyclic) bond motifs is 1. The molecule has 0 spiro atoms. The van der Waals surface area contributed by atoms with Gasteiger partial charge in [0.05, 0.1) is 0 Å². The SMILES string of the molecule is CCCCC(Oc1cccc2ccccc12)c1ccccc1-c1ccccc1. The first kappa shape index (κ1) is 18.3.